The van der Waals surface area contributed by atoms with Gasteiger partial charge in [-0.2, -0.15) is 0 Å². The molecule has 0 saturated heterocycles. The predicted molar refractivity (Wildman–Crippen MR) is 74.0 cm³/mol. The first kappa shape index (κ1) is 13.4. The van der Waals surface area contributed by atoms with E-state index in [2.05, 4.69) is 18.7 Å². The van der Waals surface area contributed by atoms with Crippen LogP contribution in [0.3, 0.4) is 0 Å². The van der Waals surface area contributed by atoms with E-state index in [-0.39, 0.29) is 0 Å². The maximum atomic E-state index is 5.77. The SMILES string of the molecule is CC(C)(CN)CCCCN(CC1CC1)C1CC1. The van der Waals surface area contributed by atoms with Gasteiger partial charge in [-0.15, -0.1) is 0 Å². The number of unbranched alkanes of at least 4 members (excludes halogenated alkanes) is 1. The van der Waals surface area contributed by atoms with Gasteiger partial charge in [0.15, 0.2) is 0 Å². The summed E-state index contributed by atoms with van der Waals surface area (Å²) in [4.78, 5) is 2.77. The van der Waals surface area contributed by atoms with E-state index in [1.807, 2.05) is 0 Å². The smallest absolute Gasteiger partial charge is 0.00965 e. The molecule has 0 aromatic heterocycles. The molecular formula is C15H30N2. The van der Waals surface area contributed by atoms with Crippen molar-refractivity contribution in [1.82, 2.24) is 4.90 Å². The Balaban J connectivity index is 1.58. The van der Waals surface area contributed by atoms with Crippen molar-refractivity contribution in [3.05, 3.63) is 0 Å². The molecule has 0 amide bonds. The van der Waals surface area contributed by atoms with Crippen LogP contribution in [0.2, 0.25) is 0 Å². The van der Waals surface area contributed by atoms with Crippen LogP contribution < -0.4 is 5.73 Å². The van der Waals surface area contributed by atoms with Crippen molar-refractivity contribution in [2.45, 2.75) is 64.8 Å². The molecule has 100 valence electrons. The minimum absolute atomic E-state index is 0.348. The Kier molecular flexibility index (Phi) is 4.48. The lowest BCUT2D eigenvalue weighted by molar-refractivity contribution is 0.238. The van der Waals surface area contributed by atoms with Crippen molar-refractivity contribution in [3.8, 4) is 0 Å². The van der Waals surface area contributed by atoms with Crippen LogP contribution >= 0.6 is 0 Å². The van der Waals surface area contributed by atoms with Gasteiger partial charge in [-0.3, -0.25) is 0 Å². The Morgan fingerprint density at radius 1 is 1.12 bits per heavy atom. The lowest BCUT2D eigenvalue weighted by atomic mass is 9.87. The third kappa shape index (κ3) is 4.97. The van der Waals surface area contributed by atoms with Crippen LogP contribution in [0, 0.1) is 11.3 Å². The molecule has 17 heavy (non-hydrogen) atoms. The van der Waals surface area contributed by atoms with E-state index in [0.29, 0.717) is 5.41 Å². The highest BCUT2D eigenvalue weighted by atomic mass is 15.2. The molecule has 2 nitrogen and oxygen atoms in total. The van der Waals surface area contributed by atoms with Crippen LogP contribution in [0.25, 0.3) is 0 Å². The van der Waals surface area contributed by atoms with Crippen LogP contribution in [0.15, 0.2) is 0 Å². The molecule has 0 spiro atoms. The van der Waals surface area contributed by atoms with Crippen molar-refractivity contribution >= 4 is 0 Å². The highest BCUT2D eigenvalue weighted by Gasteiger charge is 2.33. The number of hydrogen-bond acceptors (Lipinski definition) is 2. The first-order chi connectivity index (χ1) is 8.11. The molecule has 0 aromatic rings. The summed E-state index contributed by atoms with van der Waals surface area (Å²) in [5.74, 6) is 1.05. The Labute approximate surface area is 107 Å². The average molecular weight is 238 g/mol. The van der Waals surface area contributed by atoms with Crippen LogP contribution in [-0.4, -0.2) is 30.6 Å². The van der Waals surface area contributed by atoms with E-state index >= 15 is 0 Å². The zero-order valence-corrected chi connectivity index (χ0v) is 11.8. The fraction of sp³-hybridized carbons (Fsp3) is 1.00. The second kappa shape index (κ2) is 5.71. The first-order valence-electron chi connectivity index (χ1n) is 7.55. The molecule has 0 bridgehead atoms. The Hall–Kier alpha value is -0.0800. The summed E-state index contributed by atoms with van der Waals surface area (Å²) in [6.07, 6.45) is 9.89. The summed E-state index contributed by atoms with van der Waals surface area (Å²) < 4.78 is 0. The molecule has 2 rings (SSSR count). The van der Waals surface area contributed by atoms with Crippen molar-refractivity contribution in [2.75, 3.05) is 19.6 Å². The lowest BCUT2D eigenvalue weighted by Gasteiger charge is -2.24. The van der Waals surface area contributed by atoms with E-state index < -0.39 is 0 Å². The molecular weight excluding hydrogens is 208 g/mol. The topological polar surface area (TPSA) is 29.3 Å². The Bertz CT molecular complexity index is 229. The quantitative estimate of drug-likeness (QED) is 0.626. The molecule has 2 heteroatoms. The molecule has 0 unspecified atom stereocenters. The first-order valence-corrected chi connectivity index (χ1v) is 7.55. The second-order valence-electron chi connectivity index (χ2n) is 6.99. The summed E-state index contributed by atoms with van der Waals surface area (Å²) >= 11 is 0. The molecule has 2 fully saturated rings. The van der Waals surface area contributed by atoms with Crippen molar-refractivity contribution in [3.63, 3.8) is 0 Å². The highest BCUT2D eigenvalue weighted by molar-refractivity contribution is 4.88. The number of nitrogens with two attached hydrogens (primary N) is 1. The fourth-order valence-corrected chi connectivity index (χ4v) is 2.52. The second-order valence-corrected chi connectivity index (χ2v) is 6.99. The summed E-state index contributed by atoms with van der Waals surface area (Å²) in [7, 11) is 0. The van der Waals surface area contributed by atoms with Crippen molar-refractivity contribution < 1.29 is 0 Å². The molecule has 0 aromatic carbocycles. The molecule has 2 N–H and O–H groups in total. The third-order valence-corrected chi connectivity index (χ3v) is 4.35. The van der Waals surface area contributed by atoms with E-state index in [9.17, 15) is 0 Å². The van der Waals surface area contributed by atoms with Crippen LogP contribution in [0.4, 0.5) is 0 Å². The van der Waals surface area contributed by atoms with Gasteiger partial charge in [0.05, 0.1) is 0 Å². The van der Waals surface area contributed by atoms with Gasteiger partial charge < -0.3 is 10.6 Å². The van der Waals surface area contributed by atoms with Gasteiger partial charge in [0.1, 0.15) is 0 Å². The van der Waals surface area contributed by atoms with Crippen LogP contribution in [0.1, 0.15) is 58.8 Å². The molecule has 2 aliphatic rings. The van der Waals surface area contributed by atoms with E-state index in [4.69, 9.17) is 5.73 Å². The Morgan fingerprint density at radius 3 is 2.35 bits per heavy atom. The van der Waals surface area contributed by atoms with Gasteiger partial charge >= 0.3 is 0 Å². The number of rotatable bonds is 9. The largest absolute Gasteiger partial charge is 0.330 e. The third-order valence-electron chi connectivity index (χ3n) is 4.35. The molecule has 0 aliphatic heterocycles. The summed E-state index contributed by atoms with van der Waals surface area (Å²) in [6.45, 7) is 8.12. The lowest BCUT2D eigenvalue weighted by Crippen LogP contribution is -2.30. The van der Waals surface area contributed by atoms with Crippen molar-refractivity contribution in [1.29, 1.82) is 0 Å². The fourth-order valence-electron chi connectivity index (χ4n) is 2.52. The maximum Gasteiger partial charge on any atom is 0.00965 e. The molecule has 2 aliphatic carbocycles. The minimum Gasteiger partial charge on any atom is -0.330 e. The summed E-state index contributed by atoms with van der Waals surface area (Å²) in [5, 5.41) is 0. The summed E-state index contributed by atoms with van der Waals surface area (Å²) in [6, 6.07) is 0.957. The van der Waals surface area contributed by atoms with E-state index in [0.717, 1.165) is 18.5 Å². The zero-order valence-electron chi connectivity index (χ0n) is 11.8. The van der Waals surface area contributed by atoms with E-state index in [1.165, 1.54) is 58.0 Å². The van der Waals surface area contributed by atoms with Gasteiger partial charge in [-0.25, -0.2) is 0 Å². The zero-order chi connectivity index (χ0) is 12.3. The molecule has 2 saturated carbocycles. The van der Waals surface area contributed by atoms with Crippen LogP contribution in [-0.2, 0) is 0 Å². The monoisotopic (exact) mass is 238 g/mol. The van der Waals surface area contributed by atoms with Gasteiger partial charge in [-0.05, 0) is 62.9 Å². The van der Waals surface area contributed by atoms with Gasteiger partial charge in [0, 0.05) is 12.6 Å². The highest BCUT2D eigenvalue weighted by Crippen LogP contribution is 2.35. The minimum atomic E-state index is 0.348. The number of nitrogens with zero attached hydrogens (tertiary/aromatic N) is 1. The molecule has 0 heterocycles. The van der Waals surface area contributed by atoms with Gasteiger partial charge in [0.2, 0.25) is 0 Å². The predicted octanol–water partition coefficient (Wildman–Crippen LogP) is 3.02. The normalized spacial score (nSPS) is 21.2. The van der Waals surface area contributed by atoms with Crippen molar-refractivity contribution in [2.24, 2.45) is 17.1 Å². The average Bonchev–Trinajstić information content (AvgIpc) is 3.15. The van der Waals surface area contributed by atoms with Gasteiger partial charge in [-0.1, -0.05) is 20.3 Å². The maximum absolute atomic E-state index is 5.77. The summed E-state index contributed by atoms with van der Waals surface area (Å²) in [5.41, 5.74) is 6.12. The van der Waals surface area contributed by atoms with Crippen LogP contribution in [0.5, 0.6) is 0 Å². The molecule has 0 atom stereocenters. The van der Waals surface area contributed by atoms with E-state index in [1.54, 1.807) is 0 Å². The van der Waals surface area contributed by atoms with Gasteiger partial charge in [0.25, 0.3) is 0 Å². The number of hydrogen-bond donors (Lipinski definition) is 1. The molecule has 0 radical (unpaired) electrons. The Morgan fingerprint density at radius 2 is 1.82 bits per heavy atom. The standard InChI is InChI=1S/C15H30N2/c1-15(2,12-16)9-3-4-10-17(14-7-8-14)11-13-5-6-13/h13-14H,3-12,16H2,1-2H3.